The van der Waals surface area contributed by atoms with Gasteiger partial charge in [0.15, 0.2) is 0 Å². The van der Waals surface area contributed by atoms with Crippen LogP contribution in [0.2, 0.25) is 0 Å². The molecule has 0 saturated heterocycles. The summed E-state index contributed by atoms with van der Waals surface area (Å²) >= 11 is 3.43. The second kappa shape index (κ2) is 6.43. The van der Waals surface area contributed by atoms with Crippen LogP contribution in [0.25, 0.3) is 0 Å². The number of halogens is 1. The van der Waals surface area contributed by atoms with Crippen LogP contribution >= 0.6 is 15.9 Å². The number of primary amides is 1. The lowest BCUT2D eigenvalue weighted by Gasteiger charge is -2.13. The van der Waals surface area contributed by atoms with Crippen molar-refractivity contribution < 1.29 is 9.53 Å². The molecule has 2 aromatic carbocycles. The largest absolute Gasteiger partial charge is 0.496 e. The molecule has 4 nitrogen and oxygen atoms in total. The number of methoxy groups -OCH3 is 1. The van der Waals surface area contributed by atoms with Crippen molar-refractivity contribution in [3.63, 3.8) is 0 Å². The molecule has 2 rings (SSSR count). The van der Waals surface area contributed by atoms with Gasteiger partial charge in [0.2, 0.25) is 0 Å². The predicted octanol–water partition coefficient (Wildman–Crippen LogP) is 3.17. The fourth-order valence-electron chi connectivity index (χ4n) is 1.93. The van der Waals surface area contributed by atoms with Crippen LogP contribution in [0.1, 0.15) is 15.9 Å². The molecule has 0 spiro atoms. The van der Waals surface area contributed by atoms with E-state index in [0.29, 0.717) is 17.8 Å². The van der Waals surface area contributed by atoms with Gasteiger partial charge in [0.1, 0.15) is 5.75 Å². The lowest BCUT2D eigenvalue weighted by Crippen LogP contribution is -2.14. The summed E-state index contributed by atoms with van der Waals surface area (Å²) in [5.41, 5.74) is 7.52. The van der Waals surface area contributed by atoms with E-state index in [1.807, 2.05) is 30.3 Å². The van der Waals surface area contributed by atoms with Crippen LogP contribution in [0.4, 0.5) is 5.69 Å². The van der Waals surface area contributed by atoms with Crippen LogP contribution in [0.3, 0.4) is 0 Å². The standard InChI is InChI=1S/C15H15BrN2O2/c1-20-14-7-6-11(16)8-10(14)9-18-13-5-3-2-4-12(13)15(17)19/h2-8,18H,9H2,1H3,(H2,17,19). The number of carbonyl (C=O) groups excluding carboxylic acids is 1. The monoisotopic (exact) mass is 334 g/mol. The summed E-state index contributed by atoms with van der Waals surface area (Å²) in [4.78, 5) is 11.4. The number of benzene rings is 2. The molecule has 2 aromatic rings. The number of carbonyl (C=O) groups is 1. The Morgan fingerprint density at radius 1 is 1.30 bits per heavy atom. The first-order valence-corrected chi connectivity index (χ1v) is 6.86. The molecule has 0 fully saturated rings. The lowest BCUT2D eigenvalue weighted by atomic mass is 10.1. The summed E-state index contributed by atoms with van der Waals surface area (Å²) in [6.07, 6.45) is 0. The minimum absolute atomic E-state index is 0.450. The first-order valence-electron chi connectivity index (χ1n) is 6.07. The van der Waals surface area contributed by atoms with E-state index in [2.05, 4.69) is 21.2 Å². The second-order valence-electron chi connectivity index (χ2n) is 4.22. The maximum Gasteiger partial charge on any atom is 0.250 e. The Bertz CT molecular complexity index is 629. The molecule has 3 N–H and O–H groups in total. The number of amides is 1. The van der Waals surface area contributed by atoms with E-state index < -0.39 is 5.91 Å². The van der Waals surface area contributed by atoms with Gasteiger partial charge in [-0.2, -0.15) is 0 Å². The first-order chi connectivity index (χ1) is 9.61. The zero-order chi connectivity index (χ0) is 14.5. The van der Waals surface area contributed by atoms with Crippen molar-refractivity contribution in [1.82, 2.24) is 0 Å². The third-order valence-electron chi connectivity index (χ3n) is 2.90. The molecule has 0 saturated carbocycles. The van der Waals surface area contributed by atoms with E-state index in [-0.39, 0.29) is 0 Å². The molecule has 5 heteroatoms. The summed E-state index contributed by atoms with van der Waals surface area (Å²) in [6, 6.07) is 12.9. The van der Waals surface area contributed by atoms with Gasteiger partial charge in [-0.05, 0) is 30.3 Å². The van der Waals surface area contributed by atoms with Gasteiger partial charge in [-0.1, -0.05) is 28.1 Å². The number of nitrogens with one attached hydrogen (secondary N) is 1. The molecule has 0 aliphatic heterocycles. The molecule has 0 aromatic heterocycles. The lowest BCUT2D eigenvalue weighted by molar-refractivity contribution is 0.100. The third kappa shape index (κ3) is 3.30. The van der Waals surface area contributed by atoms with Crippen molar-refractivity contribution >= 4 is 27.5 Å². The van der Waals surface area contributed by atoms with E-state index in [4.69, 9.17) is 10.5 Å². The zero-order valence-electron chi connectivity index (χ0n) is 11.0. The molecule has 0 unspecified atom stereocenters. The molecule has 0 aliphatic rings. The first kappa shape index (κ1) is 14.4. The molecule has 0 aliphatic carbocycles. The Labute approximate surface area is 126 Å². The second-order valence-corrected chi connectivity index (χ2v) is 5.14. The molecule has 20 heavy (non-hydrogen) atoms. The van der Waals surface area contributed by atoms with Gasteiger partial charge < -0.3 is 15.8 Å². The van der Waals surface area contributed by atoms with Crippen LogP contribution < -0.4 is 15.8 Å². The number of para-hydroxylation sites is 1. The third-order valence-corrected chi connectivity index (χ3v) is 3.40. The number of hydrogen-bond acceptors (Lipinski definition) is 3. The minimum atomic E-state index is -0.450. The van der Waals surface area contributed by atoms with E-state index in [0.717, 1.165) is 15.8 Å². The smallest absolute Gasteiger partial charge is 0.250 e. The molecule has 0 bridgehead atoms. The Kier molecular flexibility index (Phi) is 4.63. The van der Waals surface area contributed by atoms with E-state index >= 15 is 0 Å². The Morgan fingerprint density at radius 3 is 2.75 bits per heavy atom. The number of nitrogens with two attached hydrogens (primary N) is 1. The SMILES string of the molecule is COc1ccc(Br)cc1CNc1ccccc1C(N)=O. The normalized spacial score (nSPS) is 10.1. The van der Waals surface area contributed by atoms with Crippen LogP contribution in [0, 0.1) is 0 Å². The van der Waals surface area contributed by atoms with Crippen molar-refractivity contribution in [3.05, 3.63) is 58.1 Å². The topological polar surface area (TPSA) is 64.3 Å². The Balaban J connectivity index is 2.21. The van der Waals surface area contributed by atoms with Crippen LogP contribution in [-0.4, -0.2) is 13.0 Å². The molecule has 104 valence electrons. The number of rotatable bonds is 5. The fraction of sp³-hybridized carbons (Fsp3) is 0.133. The quantitative estimate of drug-likeness (QED) is 0.882. The highest BCUT2D eigenvalue weighted by Crippen LogP contribution is 2.24. The Morgan fingerprint density at radius 2 is 2.05 bits per heavy atom. The van der Waals surface area contributed by atoms with Gasteiger partial charge in [-0.15, -0.1) is 0 Å². The summed E-state index contributed by atoms with van der Waals surface area (Å²) in [5.74, 6) is 0.339. The highest BCUT2D eigenvalue weighted by molar-refractivity contribution is 9.10. The zero-order valence-corrected chi connectivity index (χ0v) is 12.6. The number of anilines is 1. The molecule has 1 amide bonds. The van der Waals surface area contributed by atoms with E-state index in [1.165, 1.54) is 0 Å². The van der Waals surface area contributed by atoms with Crippen LogP contribution in [-0.2, 0) is 6.54 Å². The minimum Gasteiger partial charge on any atom is -0.496 e. The van der Waals surface area contributed by atoms with Crippen molar-refractivity contribution in [2.24, 2.45) is 5.73 Å². The molecule has 0 heterocycles. The maximum absolute atomic E-state index is 11.4. The van der Waals surface area contributed by atoms with Crippen LogP contribution in [0.15, 0.2) is 46.9 Å². The van der Waals surface area contributed by atoms with Crippen LogP contribution in [0.5, 0.6) is 5.75 Å². The fourth-order valence-corrected chi connectivity index (χ4v) is 2.34. The summed E-state index contributed by atoms with van der Waals surface area (Å²) in [5, 5.41) is 3.21. The van der Waals surface area contributed by atoms with Gasteiger partial charge >= 0.3 is 0 Å². The summed E-state index contributed by atoms with van der Waals surface area (Å²) in [7, 11) is 1.63. The molecule has 0 radical (unpaired) electrons. The average molecular weight is 335 g/mol. The van der Waals surface area contributed by atoms with Crippen molar-refractivity contribution in [3.8, 4) is 5.75 Å². The van der Waals surface area contributed by atoms with Crippen molar-refractivity contribution in [1.29, 1.82) is 0 Å². The number of hydrogen-bond donors (Lipinski definition) is 2. The van der Waals surface area contributed by atoms with Gasteiger partial charge in [-0.3, -0.25) is 4.79 Å². The van der Waals surface area contributed by atoms with E-state index in [1.54, 1.807) is 19.2 Å². The number of ether oxygens (including phenoxy) is 1. The Hall–Kier alpha value is -2.01. The molecule has 0 atom stereocenters. The van der Waals surface area contributed by atoms with Gasteiger partial charge in [-0.25, -0.2) is 0 Å². The van der Waals surface area contributed by atoms with Gasteiger partial charge in [0.25, 0.3) is 5.91 Å². The van der Waals surface area contributed by atoms with Crippen molar-refractivity contribution in [2.75, 3.05) is 12.4 Å². The van der Waals surface area contributed by atoms with Gasteiger partial charge in [0, 0.05) is 22.3 Å². The predicted molar refractivity (Wildman–Crippen MR) is 83.0 cm³/mol. The molecular formula is C15H15BrN2O2. The molecular weight excluding hydrogens is 320 g/mol. The highest BCUT2D eigenvalue weighted by atomic mass is 79.9. The van der Waals surface area contributed by atoms with Crippen molar-refractivity contribution in [2.45, 2.75) is 6.54 Å². The summed E-state index contributed by atoms with van der Waals surface area (Å²) < 4.78 is 6.28. The summed E-state index contributed by atoms with van der Waals surface area (Å²) in [6.45, 7) is 0.535. The van der Waals surface area contributed by atoms with Gasteiger partial charge in [0.05, 0.1) is 12.7 Å². The van der Waals surface area contributed by atoms with E-state index in [9.17, 15) is 4.79 Å². The average Bonchev–Trinajstić information content (AvgIpc) is 2.45. The maximum atomic E-state index is 11.4. The highest BCUT2D eigenvalue weighted by Gasteiger charge is 2.08.